The highest BCUT2D eigenvalue weighted by Gasteiger charge is 2.20. The Morgan fingerprint density at radius 1 is 1.53 bits per heavy atom. The van der Waals surface area contributed by atoms with Gasteiger partial charge in [-0.15, -0.1) is 0 Å². The largest absolute Gasteiger partial charge is 0.444 e. The molecule has 19 heavy (non-hydrogen) atoms. The van der Waals surface area contributed by atoms with Crippen LogP contribution in [0.25, 0.3) is 0 Å². The molecule has 1 heterocycles. The van der Waals surface area contributed by atoms with Crippen LogP contribution in [0.3, 0.4) is 0 Å². The van der Waals surface area contributed by atoms with Gasteiger partial charge in [-0.1, -0.05) is 20.8 Å². The van der Waals surface area contributed by atoms with Gasteiger partial charge in [-0.3, -0.25) is 4.79 Å². The molecule has 0 bridgehead atoms. The topological polar surface area (TPSA) is 81.2 Å². The van der Waals surface area contributed by atoms with Gasteiger partial charge in [0.1, 0.15) is 11.8 Å². The van der Waals surface area contributed by atoms with Gasteiger partial charge in [-0.25, -0.2) is 4.98 Å². The van der Waals surface area contributed by atoms with Crippen molar-refractivity contribution >= 4 is 5.91 Å². The van der Waals surface area contributed by atoms with E-state index in [-0.39, 0.29) is 23.4 Å². The maximum absolute atomic E-state index is 11.9. The van der Waals surface area contributed by atoms with Gasteiger partial charge >= 0.3 is 0 Å². The molecule has 2 unspecified atom stereocenters. The number of amides is 1. The molecular weight excluding hydrogens is 242 g/mol. The van der Waals surface area contributed by atoms with E-state index in [1.165, 1.54) is 0 Å². The molecule has 108 valence electrons. The number of hydrogen-bond donors (Lipinski definition) is 2. The zero-order valence-electron chi connectivity index (χ0n) is 12.5. The summed E-state index contributed by atoms with van der Waals surface area (Å²) in [6, 6.07) is -0.360. The molecule has 5 nitrogen and oxygen atoms in total. The van der Waals surface area contributed by atoms with Crippen molar-refractivity contribution < 1.29 is 9.21 Å². The van der Waals surface area contributed by atoms with Gasteiger partial charge in [0, 0.05) is 12.5 Å². The molecule has 2 atom stereocenters. The third-order valence-electron chi connectivity index (χ3n) is 2.71. The van der Waals surface area contributed by atoms with E-state index in [0.29, 0.717) is 12.3 Å². The first kappa shape index (κ1) is 15.7. The van der Waals surface area contributed by atoms with E-state index in [2.05, 4.69) is 31.1 Å². The lowest BCUT2D eigenvalue weighted by molar-refractivity contribution is -0.122. The predicted molar refractivity (Wildman–Crippen MR) is 74.5 cm³/mol. The number of rotatable bonds is 5. The first-order valence-corrected chi connectivity index (χ1v) is 6.64. The lowest BCUT2D eigenvalue weighted by Gasteiger charge is -2.23. The van der Waals surface area contributed by atoms with Crippen LogP contribution in [-0.2, 0) is 4.79 Å². The molecule has 0 aliphatic heterocycles. The number of carbonyl (C=O) groups is 1. The predicted octanol–water partition coefficient (Wildman–Crippen LogP) is 2.31. The highest BCUT2D eigenvalue weighted by Crippen LogP contribution is 2.21. The molecule has 0 aromatic carbocycles. The average Bonchev–Trinajstić information content (AvgIpc) is 2.61. The van der Waals surface area contributed by atoms with Crippen molar-refractivity contribution in [1.29, 1.82) is 0 Å². The lowest BCUT2D eigenvalue weighted by Crippen LogP contribution is -2.35. The second kappa shape index (κ2) is 6.19. The van der Waals surface area contributed by atoms with Gasteiger partial charge in [-0.2, -0.15) is 0 Å². The molecule has 0 saturated carbocycles. The van der Waals surface area contributed by atoms with Crippen LogP contribution in [0.4, 0.5) is 0 Å². The first-order valence-electron chi connectivity index (χ1n) is 6.64. The second-order valence-corrected chi connectivity index (χ2v) is 6.33. The summed E-state index contributed by atoms with van der Waals surface area (Å²) in [5.41, 5.74) is 6.11. The van der Waals surface area contributed by atoms with E-state index < -0.39 is 0 Å². The summed E-state index contributed by atoms with van der Waals surface area (Å²) in [5, 5.41) is 2.85. The Kier molecular flexibility index (Phi) is 5.11. The van der Waals surface area contributed by atoms with E-state index in [0.717, 1.165) is 12.2 Å². The maximum Gasteiger partial charge on any atom is 0.222 e. The minimum absolute atomic E-state index is 0.0693. The quantitative estimate of drug-likeness (QED) is 0.857. The minimum atomic E-state index is -0.233. The molecule has 0 aliphatic rings. The molecule has 1 aromatic heterocycles. The normalized spacial score (nSPS) is 15.1. The molecule has 1 rings (SSSR count). The van der Waals surface area contributed by atoms with Crippen molar-refractivity contribution in [1.82, 2.24) is 10.3 Å². The van der Waals surface area contributed by atoms with E-state index in [4.69, 9.17) is 10.2 Å². The highest BCUT2D eigenvalue weighted by molar-refractivity contribution is 5.76. The van der Waals surface area contributed by atoms with Crippen LogP contribution in [0.15, 0.2) is 10.6 Å². The Hall–Kier alpha value is -1.36. The van der Waals surface area contributed by atoms with Gasteiger partial charge in [0.25, 0.3) is 0 Å². The molecule has 0 fully saturated rings. The highest BCUT2D eigenvalue weighted by atomic mass is 16.4. The van der Waals surface area contributed by atoms with Crippen LogP contribution < -0.4 is 11.1 Å². The van der Waals surface area contributed by atoms with Gasteiger partial charge in [0.05, 0.1) is 6.20 Å². The Morgan fingerprint density at radius 3 is 2.63 bits per heavy atom. The summed E-state index contributed by atoms with van der Waals surface area (Å²) in [5.74, 6) is 1.19. The van der Waals surface area contributed by atoms with Gasteiger partial charge in [0.15, 0.2) is 0 Å². The van der Waals surface area contributed by atoms with Crippen molar-refractivity contribution in [3.63, 3.8) is 0 Å². The first-order chi connectivity index (χ1) is 8.67. The van der Waals surface area contributed by atoms with Gasteiger partial charge in [0.2, 0.25) is 11.8 Å². The molecule has 1 aromatic rings. The Labute approximate surface area is 115 Å². The van der Waals surface area contributed by atoms with Crippen molar-refractivity contribution in [3.8, 4) is 0 Å². The molecule has 0 radical (unpaired) electrons. The number of nitrogens with one attached hydrogen (secondary N) is 1. The summed E-state index contributed by atoms with van der Waals surface area (Å²) in [6.45, 7) is 10.0. The average molecular weight is 267 g/mol. The smallest absolute Gasteiger partial charge is 0.222 e. The van der Waals surface area contributed by atoms with Crippen LogP contribution in [0.1, 0.15) is 58.2 Å². The van der Waals surface area contributed by atoms with E-state index in [9.17, 15) is 4.79 Å². The third kappa shape index (κ3) is 5.87. The van der Waals surface area contributed by atoms with E-state index in [1.807, 2.05) is 13.8 Å². The van der Waals surface area contributed by atoms with Crippen LogP contribution in [0.5, 0.6) is 0 Å². The summed E-state index contributed by atoms with van der Waals surface area (Å²) in [7, 11) is 0. The summed E-state index contributed by atoms with van der Waals surface area (Å²) < 4.78 is 5.37. The van der Waals surface area contributed by atoms with Gasteiger partial charge in [-0.05, 0) is 25.7 Å². The zero-order valence-corrected chi connectivity index (χ0v) is 12.5. The molecule has 0 saturated heterocycles. The maximum atomic E-state index is 11.9. The fourth-order valence-electron chi connectivity index (χ4n) is 2.03. The number of hydrogen-bond acceptors (Lipinski definition) is 4. The molecule has 3 N–H and O–H groups in total. The van der Waals surface area contributed by atoms with Crippen molar-refractivity contribution in [2.75, 3.05) is 0 Å². The van der Waals surface area contributed by atoms with Crippen molar-refractivity contribution in [3.05, 3.63) is 17.8 Å². The van der Waals surface area contributed by atoms with E-state index >= 15 is 0 Å². The van der Waals surface area contributed by atoms with Crippen LogP contribution in [0, 0.1) is 12.3 Å². The monoisotopic (exact) mass is 267 g/mol. The number of aryl methyl sites for hydroxylation is 1. The number of nitrogens with zero attached hydrogens (tertiary/aromatic N) is 1. The summed E-state index contributed by atoms with van der Waals surface area (Å²) in [4.78, 5) is 16.0. The van der Waals surface area contributed by atoms with Crippen LogP contribution >= 0.6 is 0 Å². The van der Waals surface area contributed by atoms with Gasteiger partial charge < -0.3 is 15.5 Å². The van der Waals surface area contributed by atoms with Crippen molar-refractivity contribution in [2.45, 2.75) is 59.5 Å². The van der Waals surface area contributed by atoms with Crippen LogP contribution in [0.2, 0.25) is 0 Å². The van der Waals surface area contributed by atoms with Crippen molar-refractivity contribution in [2.24, 2.45) is 11.1 Å². The molecule has 1 amide bonds. The molecule has 5 heteroatoms. The molecule has 0 spiro atoms. The number of oxazole rings is 1. The number of nitrogens with two attached hydrogens (primary N) is 1. The third-order valence-corrected chi connectivity index (χ3v) is 2.71. The second-order valence-electron chi connectivity index (χ2n) is 6.33. The summed E-state index contributed by atoms with van der Waals surface area (Å²) in [6.07, 6.45) is 2.78. The fraction of sp³-hybridized carbons (Fsp3) is 0.714. The molecular formula is C14H25N3O2. The van der Waals surface area contributed by atoms with Crippen LogP contribution in [-0.4, -0.2) is 16.9 Å². The Bertz CT molecular complexity index is 421. The minimum Gasteiger partial charge on any atom is -0.444 e. The Morgan fingerprint density at radius 2 is 2.16 bits per heavy atom. The SMILES string of the molecule is Cc1cnc(C(C)NC(=O)CC(N)CC(C)(C)C)o1. The number of carbonyl (C=O) groups excluding carboxylic acids is 1. The Balaban J connectivity index is 2.43. The van der Waals surface area contributed by atoms with E-state index in [1.54, 1.807) is 6.20 Å². The molecule has 0 aliphatic carbocycles. The number of aromatic nitrogens is 1. The standard InChI is InChI=1S/C14H25N3O2/c1-9-8-16-13(19-9)10(2)17-12(18)6-11(15)7-14(3,4)5/h8,10-11H,6-7,15H2,1-5H3,(H,17,18). The summed E-state index contributed by atoms with van der Waals surface area (Å²) >= 11 is 0. The zero-order chi connectivity index (χ0) is 14.6. The fourth-order valence-corrected chi connectivity index (χ4v) is 2.03. The lowest BCUT2D eigenvalue weighted by atomic mass is 9.87.